The minimum absolute atomic E-state index is 0.0184. The van der Waals surface area contributed by atoms with Crippen LogP contribution in [0.3, 0.4) is 0 Å². The van der Waals surface area contributed by atoms with Crippen LogP contribution < -0.4 is 14.4 Å². The highest BCUT2D eigenvalue weighted by Gasteiger charge is 2.25. The van der Waals surface area contributed by atoms with Gasteiger partial charge < -0.3 is 19.3 Å². The van der Waals surface area contributed by atoms with Crippen LogP contribution in [0.25, 0.3) is 10.2 Å². The first-order valence-electron chi connectivity index (χ1n) is 9.10. The molecule has 0 unspecified atom stereocenters. The molecule has 5 rings (SSSR count). The lowest BCUT2D eigenvalue weighted by atomic mass is 10.1. The maximum Gasteiger partial charge on any atom is 0.254 e. The molecular weight excluding hydrogens is 398 g/mol. The Morgan fingerprint density at radius 1 is 1.11 bits per heavy atom. The molecule has 0 aliphatic carbocycles. The Kier molecular flexibility index (Phi) is 4.29. The van der Waals surface area contributed by atoms with Crippen molar-refractivity contribution < 1.29 is 14.3 Å². The number of anilines is 1. The number of carbonyl (C=O) groups is 1. The highest BCUT2D eigenvalue weighted by atomic mass is 35.5. The van der Waals surface area contributed by atoms with Crippen LogP contribution in [0, 0.1) is 6.92 Å². The molecule has 1 amide bonds. The second-order valence-electron chi connectivity index (χ2n) is 6.86. The van der Waals surface area contributed by atoms with Crippen LogP contribution in [0.1, 0.15) is 15.9 Å². The van der Waals surface area contributed by atoms with E-state index in [9.17, 15) is 4.79 Å². The summed E-state index contributed by atoms with van der Waals surface area (Å²) in [5.74, 6) is 1.34. The number of piperazine rings is 1. The lowest BCUT2D eigenvalue weighted by Gasteiger charge is -2.34. The zero-order valence-corrected chi connectivity index (χ0v) is 16.8. The Balaban J connectivity index is 1.30. The number of halogens is 1. The summed E-state index contributed by atoms with van der Waals surface area (Å²) in [4.78, 5) is 21.8. The molecule has 0 bridgehead atoms. The number of benzene rings is 2. The Morgan fingerprint density at radius 2 is 1.89 bits per heavy atom. The predicted molar refractivity (Wildman–Crippen MR) is 110 cm³/mol. The van der Waals surface area contributed by atoms with Crippen molar-refractivity contribution in [2.24, 2.45) is 0 Å². The molecule has 1 saturated heterocycles. The zero-order chi connectivity index (χ0) is 19.3. The largest absolute Gasteiger partial charge is 0.454 e. The first-order chi connectivity index (χ1) is 13.6. The average Bonchev–Trinajstić information content (AvgIpc) is 3.37. The predicted octanol–water partition coefficient (Wildman–Crippen LogP) is 3.95. The van der Waals surface area contributed by atoms with Gasteiger partial charge in [-0.1, -0.05) is 22.9 Å². The van der Waals surface area contributed by atoms with Crippen molar-refractivity contribution in [2.45, 2.75) is 6.92 Å². The first-order valence-corrected chi connectivity index (χ1v) is 10.3. The third-order valence-corrected chi connectivity index (χ3v) is 6.68. The van der Waals surface area contributed by atoms with E-state index in [0.29, 0.717) is 30.2 Å². The molecule has 2 aliphatic rings. The van der Waals surface area contributed by atoms with Crippen LogP contribution in [0.4, 0.5) is 5.13 Å². The highest BCUT2D eigenvalue weighted by molar-refractivity contribution is 7.22. The number of nitrogens with zero attached hydrogens (tertiary/aromatic N) is 3. The number of rotatable bonds is 2. The average molecular weight is 416 g/mol. The monoisotopic (exact) mass is 415 g/mol. The minimum Gasteiger partial charge on any atom is -0.454 e. The standard InChI is InChI=1S/C20H18ClN3O3S/c1-12-14(21)3-5-17-18(12)22-20(28-17)24-8-6-23(7-9-24)19(25)13-2-4-15-16(10-13)27-11-26-15/h2-5,10H,6-9,11H2,1H3. The molecule has 3 aromatic rings. The molecule has 0 spiro atoms. The summed E-state index contributed by atoms with van der Waals surface area (Å²) in [6.45, 7) is 5.02. The smallest absolute Gasteiger partial charge is 0.254 e. The van der Waals surface area contributed by atoms with Gasteiger partial charge >= 0.3 is 0 Å². The van der Waals surface area contributed by atoms with Crippen molar-refractivity contribution in [1.82, 2.24) is 9.88 Å². The van der Waals surface area contributed by atoms with E-state index in [1.54, 1.807) is 29.5 Å². The van der Waals surface area contributed by atoms with E-state index in [1.807, 2.05) is 24.0 Å². The van der Waals surface area contributed by atoms with Crippen LogP contribution in [0.2, 0.25) is 5.02 Å². The Bertz CT molecular complexity index is 1080. The molecule has 8 heteroatoms. The summed E-state index contributed by atoms with van der Waals surface area (Å²) in [6, 6.07) is 9.29. The Morgan fingerprint density at radius 3 is 2.71 bits per heavy atom. The van der Waals surface area contributed by atoms with Crippen LogP contribution in [-0.4, -0.2) is 48.8 Å². The van der Waals surface area contributed by atoms with Gasteiger partial charge in [-0.05, 0) is 42.8 Å². The lowest BCUT2D eigenvalue weighted by molar-refractivity contribution is 0.0746. The molecule has 2 aliphatic heterocycles. The van der Waals surface area contributed by atoms with E-state index in [-0.39, 0.29) is 12.7 Å². The quantitative estimate of drug-likeness (QED) is 0.634. The maximum absolute atomic E-state index is 12.8. The van der Waals surface area contributed by atoms with Crippen molar-refractivity contribution in [3.05, 3.63) is 46.5 Å². The van der Waals surface area contributed by atoms with Crippen LogP contribution in [-0.2, 0) is 0 Å². The zero-order valence-electron chi connectivity index (χ0n) is 15.3. The Hall–Kier alpha value is -2.51. The van der Waals surface area contributed by atoms with Crippen LogP contribution in [0.15, 0.2) is 30.3 Å². The van der Waals surface area contributed by atoms with E-state index in [2.05, 4.69) is 4.90 Å². The SMILES string of the molecule is Cc1c(Cl)ccc2sc(N3CCN(C(=O)c4ccc5c(c4)OCO5)CC3)nc12. The molecular formula is C20H18ClN3O3S. The normalized spacial score (nSPS) is 16.1. The van der Waals surface area contributed by atoms with Gasteiger partial charge in [0.2, 0.25) is 6.79 Å². The molecule has 6 nitrogen and oxygen atoms in total. The lowest BCUT2D eigenvalue weighted by Crippen LogP contribution is -2.48. The minimum atomic E-state index is 0.0184. The van der Waals surface area contributed by atoms with Gasteiger partial charge in [-0.3, -0.25) is 4.79 Å². The summed E-state index contributed by atoms with van der Waals surface area (Å²) < 4.78 is 11.8. The van der Waals surface area contributed by atoms with Crippen molar-refractivity contribution in [1.29, 1.82) is 0 Å². The third-order valence-electron chi connectivity index (χ3n) is 5.19. The van der Waals surface area contributed by atoms with Crippen LogP contribution >= 0.6 is 22.9 Å². The van der Waals surface area contributed by atoms with Gasteiger partial charge in [0.15, 0.2) is 16.6 Å². The summed E-state index contributed by atoms with van der Waals surface area (Å²) in [6.07, 6.45) is 0. The van der Waals surface area contributed by atoms with Crippen molar-refractivity contribution in [3.63, 3.8) is 0 Å². The van der Waals surface area contributed by atoms with Gasteiger partial charge in [0.25, 0.3) is 5.91 Å². The molecule has 0 atom stereocenters. The number of fused-ring (bicyclic) bond motifs is 2. The number of amides is 1. The van der Waals surface area contributed by atoms with Gasteiger partial charge in [0.05, 0.1) is 10.2 Å². The van der Waals surface area contributed by atoms with Crippen molar-refractivity contribution in [2.75, 3.05) is 37.9 Å². The summed E-state index contributed by atoms with van der Waals surface area (Å²) in [5.41, 5.74) is 2.60. The fraction of sp³-hybridized carbons (Fsp3) is 0.300. The van der Waals surface area contributed by atoms with E-state index in [0.717, 1.165) is 39.0 Å². The van der Waals surface area contributed by atoms with Gasteiger partial charge in [-0.2, -0.15) is 0 Å². The summed E-state index contributed by atoms with van der Waals surface area (Å²) >= 11 is 7.89. The summed E-state index contributed by atoms with van der Waals surface area (Å²) in [5, 5.41) is 1.72. The second kappa shape index (κ2) is 6.83. The molecule has 3 heterocycles. The molecule has 0 N–H and O–H groups in total. The van der Waals surface area contributed by atoms with Gasteiger partial charge in [0, 0.05) is 36.8 Å². The van der Waals surface area contributed by atoms with Gasteiger partial charge in [-0.15, -0.1) is 0 Å². The Labute approximate surface area is 171 Å². The number of hydrogen-bond acceptors (Lipinski definition) is 6. The van der Waals surface area contributed by atoms with Gasteiger partial charge in [0.1, 0.15) is 0 Å². The molecule has 1 fully saturated rings. The van der Waals surface area contributed by atoms with E-state index < -0.39 is 0 Å². The summed E-state index contributed by atoms with van der Waals surface area (Å²) in [7, 11) is 0. The van der Waals surface area contributed by atoms with Crippen molar-refractivity contribution >= 4 is 44.2 Å². The third kappa shape index (κ3) is 2.95. The number of hydrogen-bond donors (Lipinski definition) is 0. The fourth-order valence-corrected chi connectivity index (χ4v) is 4.77. The number of thiazole rings is 1. The molecule has 2 aromatic carbocycles. The topological polar surface area (TPSA) is 54.9 Å². The molecule has 144 valence electrons. The van der Waals surface area contributed by atoms with Gasteiger partial charge in [-0.25, -0.2) is 4.98 Å². The maximum atomic E-state index is 12.8. The number of aromatic nitrogens is 1. The number of carbonyl (C=O) groups excluding carboxylic acids is 1. The van der Waals surface area contributed by atoms with E-state index >= 15 is 0 Å². The molecule has 1 aromatic heterocycles. The highest BCUT2D eigenvalue weighted by Crippen LogP contribution is 2.35. The molecule has 28 heavy (non-hydrogen) atoms. The van der Waals surface area contributed by atoms with Crippen LogP contribution in [0.5, 0.6) is 11.5 Å². The molecule has 0 radical (unpaired) electrons. The molecule has 0 saturated carbocycles. The second-order valence-corrected chi connectivity index (χ2v) is 8.28. The fourth-order valence-electron chi connectivity index (χ4n) is 3.54. The number of aryl methyl sites for hydroxylation is 1. The van der Waals surface area contributed by atoms with E-state index in [4.69, 9.17) is 26.1 Å². The van der Waals surface area contributed by atoms with E-state index in [1.165, 1.54) is 0 Å². The van der Waals surface area contributed by atoms with Crippen molar-refractivity contribution in [3.8, 4) is 11.5 Å². The first kappa shape index (κ1) is 17.6. The number of ether oxygens (including phenoxy) is 2.